The third-order valence-corrected chi connectivity index (χ3v) is 2.20. The van der Waals surface area contributed by atoms with Crippen LogP contribution in [0.2, 0.25) is 0 Å². The third-order valence-electron chi connectivity index (χ3n) is 2.20. The zero-order chi connectivity index (χ0) is 10.7. The molecule has 0 N–H and O–H groups in total. The number of nitrogens with zero attached hydrogens (tertiary/aromatic N) is 3. The largest absolute Gasteiger partial charge is 0.252 e. The summed E-state index contributed by atoms with van der Waals surface area (Å²) in [4.78, 5) is 4.39. The van der Waals surface area contributed by atoms with Gasteiger partial charge in [0.05, 0.1) is 26.0 Å². The van der Waals surface area contributed by atoms with Gasteiger partial charge in [0.25, 0.3) is 0 Å². The Kier molecular flexibility index (Phi) is 2.63. The highest BCUT2D eigenvalue weighted by Gasteiger charge is 2.03. The van der Waals surface area contributed by atoms with E-state index in [1.54, 1.807) is 0 Å². The molecule has 0 atom stereocenters. The molecule has 3 nitrogen and oxygen atoms in total. The average molecular weight is 200 g/mol. The summed E-state index contributed by atoms with van der Waals surface area (Å²) in [5.74, 6) is 0. The maximum absolute atomic E-state index is 4.39. The molecule has 3 heteroatoms. The lowest BCUT2D eigenvalue weighted by Crippen LogP contribution is -2.23. The minimum Gasteiger partial charge on any atom is -0.252 e. The lowest BCUT2D eigenvalue weighted by Gasteiger charge is -1.90. The standard InChI is InChI=1S/C12H14N3/c1-14-9-12(15(2)10-14)8-13-11-6-4-3-5-7-11/h3-10H,1-2H3/q+1. The SMILES string of the molecule is Cn1c[n+](C)cc1C=Nc1ccccc1. The normalized spacial score (nSPS) is 11.1. The Bertz CT molecular complexity index is 469. The Labute approximate surface area is 89.3 Å². The molecule has 0 fully saturated rings. The number of hydrogen-bond acceptors (Lipinski definition) is 1. The summed E-state index contributed by atoms with van der Waals surface area (Å²) >= 11 is 0. The van der Waals surface area contributed by atoms with Crippen LogP contribution in [0.5, 0.6) is 0 Å². The highest BCUT2D eigenvalue weighted by molar-refractivity contribution is 5.79. The molecule has 2 aromatic rings. The number of rotatable bonds is 2. The number of aliphatic imine (C=N–C) groups is 1. The van der Waals surface area contributed by atoms with E-state index >= 15 is 0 Å². The zero-order valence-electron chi connectivity index (χ0n) is 8.96. The number of aromatic nitrogens is 2. The molecule has 0 radical (unpaired) electrons. The van der Waals surface area contributed by atoms with E-state index in [-0.39, 0.29) is 0 Å². The molecule has 0 aliphatic heterocycles. The Balaban J connectivity index is 2.22. The zero-order valence-corrected chi connectivity index (χ0v) is 8.96. The van der Waals surface area contributed by atoms with Crippen LogP contribution in [-0.4, -0.2) is 10.8 Å². The van der Waals surface area contributed by atoms with E-state index in [1.165, 1.54) is 0 Å². The fourth-order valence-corrected chi connectivity index (χ4v) is 1.45. The molecule has 0 spiro atoms. The van der Waals surface area contributed by atoms with Crippen molar-refractivity contribution < 1.29 is 4.57 Å². The number of aryl methyl sites for hydroxylation is 2. The quantitative estimate of drug-likeness (QED) is 0.519. The van der Waals surface area contributed by atoms with Crippen molar-refractivity contribution in [2.75, 3.05) is 0 Å². The van der Waals surface area contributed by atoms with Crippen LogP contribution in [0.3, 0.4) is 0 Å². The van der Waals surface area contributed by atoms with Crippen LogP contribution in [0.15, 0.2) is 47.8 Å². The first-order valence-corrected chi connectivity index (χ1v) is 4.86. The smallest absolute Gasteiger partial charge is 0.243 e. The first-order chi connectivity index (χ1) is 7.25. The van der Waals surface area contributed by atoms with Crippen molar-refractivity contribution in [2.45, 2.75) is 0 Å². The molecule has 0 aliphatic rings. The van der Waals surface area contributed by atoms with Crippen LogP contribution in [0, 0.1) is 0 Å². The van der Waals surface area contributed by atoms with Gasteiger partial charge in [-0.3, -0.25) is 4.99 Å². The molecule has 15 heavy (non-hydrogen) atoms. The van der Waals surface area contributed by atoms with Crippen molar-refractivity contribution in [1.29, 1.82) is 0 Å². The minimum atomic E-state index is 0.973. The predicted molar refractivity (Wildman–Crippen MR) is 60.3 cm³/mol. The molecule has 1 heterocycles. The van der Waals surface area contributed by atoms with Gasteiger partial charge in [-0.15, -0.1) is 0 Å². The van der Waals surface area contributed by atoms with Gasteiger partial charge in [0, 0.05) is 0 Å². The Morgan fingerprint density at radius 2 is 2.00 bits per heavy atom. The molecule has 0 saturated heterocycles. The molecular weight excluding hydrogens is 186 g/mol. The molecule has 76 valence electrons. The molecule has 1 aromatic heterocycles. The van der Waals surface area contributed by atoms with E-state index in [4.69, 9.17) is 0 Å². The molecular formula is C12H14N3+. The second-order valence-corrected chi connectivity index (χ2v) is 3.54. The Morgan fingerprint density at radius 1 is 1.27 bits per heavy atom. The lowest BCUT2D eigenvalue weighted by molar-refractivity contribution is -0.670. The van der Waals surface area contributed by atoms with E-state index in [0.29, 0.717) is 0 Å². The van der Waals surface area contributed by atoms with Crippen molar-refractivity contribution >= 4 is 11.9 Å². The van der Waals surface area contributed by atoms with Crippen LogP contribution in [0.25, 0.3) is 0 Å². The maximum Gasteiger partial charge on any atom is 0.243 e. The molecule has 0 unspecified atom stereocenters. The number of para-hydroxylation sites is 1. The molecule has 0 bridgehead atoms. The number of hydrogen-bond donors (Lipinski definition) is 0. The second-order valence-electron chi connectivity index (χ2n) is 3.54. The van der Waals surface area contributed by atoms with Gasteiger partial charge in [-0.05, 0) is 12.1 Å². The third kappa shape index (κ3) is 2.31. The monoisotopic (exact) mass is 200 g/mol. The highest BCUT2D eigenvalue weighted by Crippen LogP contribution is 2.09. The first kappa shape index (κ1) is 9.65. The van der Waals surface area contributed by atoms with Crippen molar-refractivity contribution in [1.82, 2.24) is 4.57 Å². The maximum atomic E-state index is 4.39. The topological polar surface area (TPSA) is 21.2 Å². The lowest BCUT2D eigenvalue weighted by atomic mass is 10.3. The van der Waals surface area contributed by atoms with E-state index < -0.39 is 0 Å². The van der Waals surface area contributed by atoms with Crippen molar-refractivity contribution in [3.63, 3.8) is 0 Å². The summed E-state index contributed by atoms with van der Waals surface area (Å²) in [7, 11) is 4.01. The van der Waals surface area contributed by atoms with Gasteiger partial charge >= 0.3 is 0 Å². The Morgan fingerprint density at radius 3 is 2.60 bits per heavy atom. The van der Waals surface area contributed by atoms with Gasteiger partial charge in [0.1, 0.15) is 6.20 Å². The summed E-state index contributed by atoms with van der Waals surface area (Å²) in [6.45, 7) is 0. The van der Waals surface area contributed by atoms with Gasteiger partial charge in [-0.2, -0.15) is 0 Å². The van der Waals surface area contributed by atoms with Gasteiger partial charge < -0.3 is 0 Å². The van der Waals surface area contributed by atoms with E-state index in [2.05, 4.69) is 4.99 Å². The minimum absolute atomic E-state index is 0.973. The second kappa shape index (κ2) is 4.09. The van der Waals surface area contributed by atoms with E-state index in [1.807, 2.05) is 72.3 Å². The summed E-state index contributed by atoms with van der Waals surface area (Å²) in [5, 5.41) is 0. The summed E-state index contributed by atoms with van der Waals surface area (Å²) < 4.78 is 4.04. The fourth-order valence-electron chi connectivity index (χ4n) is 1.45. The van der Waals surface area contributed by atoms with Crippen LogP contribution in [0.1, 0.15) is 5.69 Å². The van der Waals surface area contributed by atoms with Gasteiger partial charge in [-0.25, -0.2) is 9.13 Å². The van der Waals surface area contributed by atoms with Crippen molar-refractivity contribution in [3.05, 3.63) is 48.5 Å². The van der Waals surface area contributed by atoms with Crippen LogP contribution in [0.4, 0.5) is 5.69 Å². The van der Waals surface area contributed by atoms with Crippen molar-refractivity contribution in [2.24, 2.45) is 19.1 Å². The molecule has 0 aliphatic carbocycles. The average Bonchev–Trinajstić information content (AvgIpc) is 2.56. The van der Waals surface area contributed by atoms with Crippen molar-refractivity contribution in [3.8, 4) is 0 Å². The molecule has 0 saturated carbocycles. The molecule has 2 rings (SSSR count). The highest BCUT2D eigenvalue weighted by atomic mass is 15.1. The fraction of sp³-hybridized carbons (Fsp3) is 0.167. The van der Waals surface area contributed by atoms with Gasteiger partial charge in [-0.1, -0.05) is 18.2 Å². The van der Waals surface area contributed by atoms with Crippen LogP contribution in [-0.2, 0) is 14.1 Å². The molecule has 1 aromatic carbocycles. The Hall–Kier alpha value is -1.90. The first-order valence-electron chi connectivity index (χ1n) is 4.86. The van der Waals surface area contributed by atoms with E-state index in [9.17, 15) is 0 Å². The summed E-state index contributed by atoms with van der Waals surface area (Å²) in [6, 6.07) is 9.93. The summed E-state index contributed by atoms with van der Waals surface area (Å²) in [5.41, 5.74) is 2.06. The molecule has 0 amide bonds. The number of benzene rings is 1. The van der Waals surface area contributed by atoms with Crippen LogP contribution < -0.4 is 4.57 Å². The van der Waals surface area contributed by atoms with Crippen LogP contribution >= 0.6 is 0 Å². The van der Waals surface area contributed by atoms with E-state index in [0.717, 1.165) is 11.4 Å². The summed E-state index contributed by atoms with van der Waals surface area (Å²) in [6.07, 6.45) is 5.91. The predicted octanol–water partition coefficient (Wildman–Crippen LogP) is 1.60. The van der Waals surface area contributed by atoms with Gasteiger partial charge in [0.2, 0.25) is 6.33 Å². The van der Waals surface area contributed by atoms with Gasteiger partial charge in [0.15, 0.2) is 5.69 Å². The number of imidazole rings is 1.